The molecule has 1 aromatic heterocycles. The highest BCUT2D eigenvalue weighted by molar-refractivity contribution is 5.97. The second-order valence-corrected chi connectivity index (χ2v) is 8.24. The standard InChI is InChI=1S/C24H27N5O6/c1-15(30)20(22(32)28-33)25-21(31)17-6-8-19(9-7-17)24-27-26-23(35-24)18-4-2-16(3-5-18)14-29-10-12-34-13-11-29/h2-9,15,20,30,33H,10-14H2,1H3,(H,25,31)(H,28,32)/t15-,20+/m1/s1. The van der Waals surface area contributed by atoms with Crippen molar-refractivity contribution in [3.63, 3.8) is 0 Å². The fourth-order valence-corrected chi connectivity index (χ4v) is 3.69. The van der Waals surface area contributed by atoms with Crippen LogP contribution in [0.15, 0.2) is 52.9 Å². The molecule has 3 aromatic rings. The predicted octanol–water partition coefficient (Wildman–Crippen LogP) is 1.22. The summed E-state index contributed by atoms with van der Waals surface area (Å²) in [6, 6.07) is 13.0. The van der Waals surface area contributed by atoms with Crippen molar-refractivity contribution in [1.82, 2.24) is 25.9 Å². The number of rotatable bonds is 8. The molecule has 0 bridgehead atoms. The van der Waals surface area contributed by atoms with Crippen molar-refractivity contribution in [1.29, 1.82) is 0 Å². The molecule has 2 heterocycles. The molecule has 2 aromatic carbocycles. The van der Waals surface area contributed by atoms with E-state index < -0.39 is 24.0 Å². The van der Waals surface area contributed by atoms with Gasteiger partial charge in [0.2, 0.25) is 11.8 Å². The number of ether oxygens (including phenoxy) is 1. The van der Waals surface area contributed by atoms with Crippen LogP contribution in [-0.4, -0.2) is 75.7 Å². The van der Waals surface area contributed by atoms with Gasteiger partial charge in [0.15, 0.2) is 0 Å². The number of aliphatic hydroxyl groups excluding tert-OH is 1. The van der Waals surface area contributed by atoms with Crippen molar-refractivity contribution < 1.29 is 29.1 Å². The molecule has 11 nitrogen and oxygen atoms in total. The lowest BCUT2D eigenvalue weighted by Crippen LogP contribution is -2.51. The van der Waals surface area contributed by atoms with E-state index in [1.165, 1.54) is 30.1 Å². The Labute approximate surface area is 201 Å². The van der Waals surface area contributed by atoms with Crippen LogP contribution in [0.2, 0.25) is 0 Å². The van der Waals surface area contributed by atoms with Gasteiger partial charge in [-0.05, 0) is 48.9 Å². The number of aliphatic hydroxyl groups is 1. The Kier molecular flexibility index (Phi) is 7.83. The molecule has 2 atom stereocenters. The topological polar surface area (TPSA) is 150 Å². The van der Waals surface area contributed by atoms with E-state index in [4.69, 9.17) is 14.4 Å². The molecule has 0 spiro atoms. The first kappa shape index (κ1) is 24.5. The number of hydroxylamine groups is 1. The zero-order valence-corrected chi connectivity index (χ0v) is 19.2. The van der Waals surface area contributed by atoms with Gasteiger partial charge in [0.25, 0.3) is 11.8 Å². The summed E-state index contributed by atoms with van der Waals surface area (Å²) in [5.41, 5.74) is 4.28. The minimum Gasteiger partial charge on any atom is -0.416 e. The van der Waals surface area contributed by atoms with Crippen LogP contribution in [0.1, 0.15) is 22.8 Å². The molecule has 184 valence electrons. The van der Waals surface area contributed by atoms with E-state index in [1.807, 2.05) is 24.3 Å². The van der Waals surface area contributed by atoms with Crippen molar-refractivity contribution in [3.05, 3.63) is 59.7 Å². The van der Waals surface area contributed by atoms with Gasteiger partial charge in [-0.2, -0.15) is 0 Å². The van der Waals surface area contributed by atoms with Crippen LogP contribution in [-0.2, 0) is 16.1 Å². The predicted molar refractivity (Wildman–Crippen MR) is 124 cm³/mol. The molecule has 0 saturated carbocycles. The van der Waals surface area contributed by atoms with Crippen molar-refractivity contribution in [2.24, 2.45) is 0 Å². The van der Waals surface area contributed by atoms with Gasteiger partial charge in [0, 0.05) is 36.3 Å². The SMILES string of the molecule is C[C@@H](O)[C@H](NC(=O)c1ccc(-c2nnc(-c3ccc(CN4CCOCC4)cc3)o2)cc1)C(=O)NO. The average molecular weight is 482 g/mol. The Bertz CT molecular complexity index is 1140. The summed E-state index contributed by atoms with van der Waals surface area (Å²) in [7, 11) is 0. The molecule has 1 fully saturated rings. The summed E-state index contributed by atoms with van der Waals surface area (Å²) in [5, 5.41) is 29.1. The molecule has 11 heteroatoms. The van der Waals surface area contributed by atoms with E-state index in [9.17, 15) is 14.7 Å². The van der Waals surface area contributed by atoms with E-state index in [0.717, 1.165) is 38.4 Å². The van der Waals surface area contributed by atoms with Gasteiger partial charge < -0.3 is 19.6 Å². The number of carbonyl (C=O) groups excluding carboxylic acids is 2. The van der Waals surface area contributed by atoms with Gasteiger partial charge in [-0.3, -0.25) is 19.7 Å². The van der Waals surface area contributed by atoms with Crippen LogP contribution in [0.4, 0.5) is 0 Å². The maximum Gasteiger partial charge on any atom is 0.268 e. The first-order valence-electron chi connectivity index (χ1n) is 11.2. The van der Waals surface area contributed by atoms with Crippen molar-refractivity contribution in [2.45, 2.75) is 25.6 Å². The highest BCUT2D eigenvalue weighted by Gasteiger charge is 2.26. The summed E-state index contributed by atoms with van der Waals surface area (Å²) < 4.78 is 11.2. The van der Waals surface area contributed by atoms with Crippen LogP contribution in [0, 0.1) is 0 Å². The monoisotopic (exact) mass is 481 g/mol. The molecule has 0 unspecified atom stereocenters. The molecule has 35 heavy (non-hydrogen) atoms. The summed E-state index contributed by atoms with van der Waals surface area (Å²) in [4.78, 5) is 26.4. The number of amides is 2. The smallest absolute Gasteiger partial charge is 0.268 e. The fraction of sp³-hybridized carbons (Fsp3) is 0.333. The molecule has 1 aliphatic heterocycles. The molecule has 4 rings (SSSR count). The van der Waals surface area contributed by atoms with Gasteiger partial charge in [-0.25, -0.2) is 5.48 Å². The van der Waals surface area contributed by atoms with Gasteiger partial charge in [-0.15, -0.1) is 10.2 Å². The maximum absolute atomic E-state index is 12.4. The second kappa shape index (κ2) is 11.2. The molecule has 1 saturated heterocycles. The third kappa shape index (κ3) is 6.08. The lowest BCUT2D eigenvalue weighted by Gasteiger charge is -2.26. The summed E-state index contributed by atoms with van der Waals surface area (Å²) in [5.74, 6) is -0.827. The van der Waals surface area contributed by atoms with Crippen molar-refractivity contribution in [3.8, 4) is 22.9 Å². The minimum atomic E-state index is -1.30. The largest absolute Gasteiger partial charge is 0.416 e. The molecule has 0 radical (unpaired) electrons. The Morgan fingerprint density at radius 1 is 1.00 bits per heavy atom. The van der Waals surface area contributed by atoms with E-state index in [2.05, 4.69) is 20.4 Å². The van der Waals surface area contributed by atoms with E-state index in [-0.39, 0.29) is 5.56 Å². The zero-order valence-electron chi connectivity index (χ0n) is 19.2. The lowest BCUT2D eigenvalue weighted by molar-refractivity contribution is -0.133. The number of benzene rings is 2. The molecule has 4 N–H and O–H groups in total. The highest BCUT2D eigenvalue weighted by Crippen LogP contribution is 2.25. The van der Waals surface area contributed by atoms with E-state index in [0.29, 0.717) is 17.3 Å². The molecular weight excluding hydrogens is 454 g/mol. The van der Waals surface area contributed by atoms with Gasteiger partial charge in [0.1, 0.15) is 6.04 Å². The third-order valence-corrected chi connectivity index (χ3v) is 5.69. The second-order valence-electron chi connectivity index (χ2n) is 8.24. The lowest BCUT2D eigenvalue weighted by atomic mass is 10.1. The van der Waals surface area contributed by atoms with Crippen LogP contribution in [0.3, 0.4) is 0 Å². The molecule has 1 aliphatic rings. The number of morpholine rings is 1. The normalized spacial score (nSPS) is 15.9. The Hall–Kier alpha value is -3.64. The first-order valence-corrected chi connectivity index (χ1v) is 11.2. The van der Waals surface area contributed by atoms with E-state index in [1.54, 1.807) is 12.1 Å². The number of aromatic nitrogens is 2. The summed E-state index contributed by atoms with van der Waals surface area (Å²) in [6.07, 6.45) is -1.20. The van der Waals surface area contributed by atoms with Crippen LogP contribution < -0.4 is 10.8 Å². The van der Waals surface area contributed by atoms with Crippen molar-refractivity contribution in [2.75, 3.05) is 26.3 Å². The molecule has 2 amide bonds. The highest BCUT2D eigenvalue weighted by atomic mass is 16.5. The number of hydrogen-bond donors (Lipinski definition) is 4. The maximum atomic E-state index is 12.4. The number of carbonyl (C=O) groups is 2. The van der Waals surface area contributed by atoms with Gasteiger partial charge >= 0.3 is 0 Å². The third-order valence-electron chi connectivity index (χ3n) is 5.69. The fourth-order valence-electron chi connectivity index (χ4n) is 3.69. The summed E-state index contributed by atoms with van der Waals surface area (Å²) in [6.45, 7) is 5.56. The quantitative estimate of drug-likeness (QED) is 0.275. The van der Waals surface area contributed by atoms with Gasteiger partial charge in [0.05, 0.1) is 19.3 Å². The molecular formula is C24H27N5O6. The van der Waals surface area contributed by atoms with Crippen LogP contribution >= 0.6 is 0 Å². The number of nitrogens with one attached hydrogen (secondary N) is 2. The Balaban J connectivity index is 1.40. The number of hydrogen-bond acceptors (Lipinski definition) is 9. The van der Waals surface area contributed by atoms with Crippen molar-refractivity contribution >= 4 is 11.8 Å². The Morgan fingerprint density at radius 3 is 2.11 bits per heavy atom. The van der Waals surface area contributed by atoms with Crippen LogP contribution in [0.5, 0.6) is 0 Å². The Morgan fingerprint density at radius 2 is 1.57 bits per heavy atom. The first-order chi connectivity index (χ1) is 16.9. The van der Waals surface area contributed by atoms with Gasteiger partial charge in [-0.1, -0.05) is 12.1 Å². The molecule has 0 aliphatic carbocycles. The minimum absolute atomic E-state index is 0.251. The van der Waals surface area contributed by atoms with E-state index >= 15 is 0 Å². The number of nitrogens with zero attached hydrogens (tertiary/aromatic N) is 3. The zero-order chi connectivity index (χ0) is 24.8. The van der Waals surface area contributed by atoms with Crippen LogP contribution in [0.25, 0.3) is 22.9 Å². The summed E-state index contributed by atoms with van der Waals surface area (Å²) >= 11 is 0. The average Bonchev–Trinajstić information content (AvgIpc) is 3.38.